The van der Waals surface area contributed by atoms with Gasteiger partial charge in [0.1, 0.15) is 5.70 Å². The molecule has 0 atom stereocenters. The Morgan fingerprint density at radius 1 is 1.38 bits per heavy atom. The minimum atomic E-state index is -1.56. The smallest absolute Gasteiger partial charge is 0.352 e. The first-order chi connectivity index (χ1) is 9.69. The van der Waals surface area contributed by atoms with Crippen LogP contribution in [0.25, 0.3) is 5.57 Å². The highest BCUT2D eigenvalue weighted by atomic mass is 32.1. The molecule has 1 aromatic rings. The van der Waals surface area contributed by atoms with E-state index in [9.17, 15) is 14.7 Å². The fraction of sp³-hybridized carbons (Fsp3) is 0.333. The number of rotatable bonds is 6. The van der Waals surface area contributed by atoms with Crippen LogP contribution in [0.5, 0.6) is 0 Å². The molecule has 1 heterocycles. The van der Waals surface area contributed by atoms with Gasteiger partial charge in [-0.15, -0.1) is 17.9 Å². The predicted octanol–water partition coefficient (Wildman–Crippen LogP) is 2.80. The Balaban J connectivity index is 3.21. The molecule has 4 nitrogen and oxygen atoms in total. The molecule has 0 bridgehead atoms. The van der Waals surface area contributed by atoms with Crippen molar-refractivity contribution in [2.24, 2.45) is 0 Å². The summed E-state index contributed by atoms with van der Waals surface area (Å²) in [6.07, 6.45) is 1.94. The van der Waals surface area contributed by atoms with Gasteiger partial charge in [-0.2, -0.15) is 0 Å². The SMILES string of the molecule is C=CC[Si](C)(C)c1ccc(/C(C)=C(/NC(C)=O)C(=O)O)s1. The van der Waals surface area contributed by atoms with Crippen molar-refractivity contribution in [3.63, 3.8) is 0 Å². The van der Waals surface area contributed by atoms with Gasteiger partial charge in [0.2, 0.25) is 5.91 Å². The van der Waals surface area contributed by atoms with Gasteiger partial charge in [-0.05, 0) is 29.1 Å². The number of carbonyl (C=O) groups excluding carboxylic acids is 1. The third-order valence-electron chi connectivity index (χ3n) is 3.19. The Kier molecular flexibility index (Phi) is 5.68. The zero-order valence-electron chi connectivity index (χ0n) is 12.8. The van der Waals surface area contributed by atoms with Crippen molar-refractivity contribution < 1.29 is 14.7 Å². The summed E-state index contributed by atoms with van der Waals surface area (Å²) in [7, 11) is -1.56. The number of hydrogen-bond donors (Lipinski definition) is 2. The largest absolute Gasteiger partial charge is 0.477 e. The van der Waals surface area contributed by atoms with Crippen molar-refractivity contribution in [1.29, 1.82) is 0 Å². The molecule has 0 aliphatic rings. The quantitative estimate of drug-likeness (QED) is 0.480. The molecule has 1 amide bonds. The molecule has 0 saturated carbocycles. The first-order valence-corrected chi connectivity index (χ1v) is 10.6. The average Bonchev–Trinajstić information content (AvgIpc) is 2.84. The van der Waals surface area contributed by atoms with Gasteiger partial charge in [0.15, 0.2) is 0 Å². The lowest BCUT2D eigenvalue weighted by Crippen LogP contribution is -2.38. The number of aliphatic carboxylic acids is 1. The Morgan fingerprint density at radius 3 is 2.48 bits per heavy atom. The molecule has 0 aliphatic carbocycles. The van der Waals surface area contributed by atoms with Crippen LogP contribution in [0.2, 0.25) is 19.1 Å². The van der Waals surface area contributed by atoms with Crippen molar-refractivity contribution in [3.8, 4) is 0 Å². The molecule has 0 saturated heterocycles. The second kappa shape index (κ2) is 6.86. The van der Waals surface area contributed by atoms with Gasteiger partial charge in [0, 0.05) is 11.8 Å². The van der Waals surface area contributed by atoms with Crippen LogP contribution in [0, 0.1) is 0 Å². The summed E-state index contributed by atoms with van der Waals surface area (Å²) in [4.78, 5) is 23.3. The average molecular weight is 323 g/mol. The van der Waals surface area contributed by atoms with Gasteiger partial charge in [0.05, 0.1) is 8.07 Å². The van der Waals surface area contributed by atoms with E-state index in [1.165, 1.54) is 11.4 Å². The van der Waals surface area contributed by atoms with E-state index in [2.05, 4.69) is 31.1 Å². The lowest BCUT2D eigenvalue weighted by atomic mass is 10.2. The van der Waals surface area contributed by atoms with Crippen LogP contribution in [0.15, 0.2) is 30.5 Å². The summed E-state index contributed by atoms with van der Waals surface area (Å²) in [5, 5.41) is 11.6. The van der Waals surface area contributed by atoms with Crippen LogP contribution in [0.1, 0.15) is 18.7 Å². The van der Waals surface area contributed by atoms with Crippen molar-refractivity contribution in [2.75, 3.05) is 0 Å². The van der Waals surface area contributed by atoms with Crippen LogP contribution in [-0.4, -0.2) is 25.1 Å². The summed E-state index contributed by atoms with van der Waals surface area (Å²) in [5.41, 5.74) is 0.524. The fourth-order valence-corrected chi connectivity index (χ4v) is 5.88. The predicted molar refractivity (Wildman–Crippen MR) is 90.5 cm³/mol. The van der Waals surface area contributed by atoms with Gasteiger partial charge in [-0.3, -0.25) is 4.79 Å². The summed E-state index contributed by atoms with van der Waals surface area (Å²) >= 11 is 1.60. The minimum Gasteiger partial charge on any atom is -0.477 e. The zero-order chi connectivity index (χ0) is 16.2. The second-order valence-corrected chi connectivity index (χ2v) is 11.7. The van der Waals surface area contributed by atoms with Gasteiger partial charge >= 0.3 is 5.97 Å². The summed E-state index contributed by atoms with van der Waals surface area (Å²) in [5.74, 6) is -1.51. The molecular weight excluding hydrogens is 302 g/mol. The summed E-state index contributed by atoms with van der Waals surface area (Å²) < 4.78 is 1.30. The molecular formula is C15H21NO3SSi. The highest BCUT2D eigenvalue weighted by molar-refractivity contribution is 7.27. The number of carboxylic acids is 1. The maximum atomic E-state index is 11.3. The van der Waals surface area contributed by atoms with E-state index in [0.29, 0.717) is 5.57 Å². The number of allylic oxidation sites excluding steroid dienone is 2. The Labute approximate surface area is 130 Å². The maximum Gasteiger partial charge on any atom is 0.352 e. The van der Waals surface area contributed by atoms with E-state index < -0.39 is 14.0 Å². The topological polar surface area (TPSA) is 66.4 Å². The van der Waals surface area contributed by atoms with Gasteiger partial charge in [0.25, 0.3) is 0 Å². The van der Waals surface area contributed by atoms with E-state index in [1.54, 1.807) is 18.3 Å². The molecule has 114 valence electrons. The highest BCUT2D eigenvalue weighted by Gasteiger charge is 2.24. The minimum absolute atomic E-state index is 0.0564. The summed E-state index contributed by atoms with van der Waals surface area (Å²) in [6.45, 7) is 11.3. The number of carbonyl (C=O) groups is 2. The van der Waals surface area contributed by atoms with E-state index in [0.717, 1.165) is 10.9 Å². The van der Waals surface area contributed by atoms with Crippen LogP contribution < -0.4 is 9.82 Å². The van der Waals surface area contributed by atoms with Gasteiger partial charge < -0.3 is 10.4 Å². The van der Waals surface area contributed by atoms with Crippen molar-refractivity contribution in [3.05, 3.63) is 35.4 Å². The third-order valence-corrected chi connectivity index (χ3v) is 8.98. The van der Waals surface area contributed by atoms with Crippen LogP contribution >= 0.6 is 11.3 Å². The second-order valence-electron chi connectivity index (χ2n) is 5.53. The highest BCUT2D eigenvalue weighted by Crippen LogP contribution is 2.24. The summed E-state index contributed by atoms with van der Waals surface area (Å²) in [6, 6.07) is 4.97. The molecule has 0 spiro atoms. The monoisotopic (exact) mass is 323 g/mol. The molecule has 0 aliphatic heterocycles. The molecule has 6 heteroatoms. The fourth-order valence-electron chi connectivity index (χ4n) is 1.97. The Hall–Kier alpha value is -1.66. The van der Waals surface area contributed by atoms with Crippen LogP contribution in [0.3, 0.4) is 0 Å². The van der Waals surface area contributed by atoms with Crippen molar-refractivity contribution in [1.82, 2.24) is 5.32 Å². The molecule has 0 fully saturated rings. The Morgan fingerprint density at radius 2 is 2.00 bits per heavy atom. The molecule has 2 N–H and O–H groups in total. The number of amides is 1. The third kappa shape index (κ3) is 4.40. The molecule has 1 aromatic heterocycles. The Bertz CT molecular complexity index is 602. The number of nitrogens with one attached hydrogen (secondary N) is 1. The molecule has 0 radical (unpaired) electrons. The van der Waals surface area contributed by atoms with Crippen LogP contribution in [-0.2, 0) is 9.59 Å². The molecule has 1 rings (SSSR count). The number of carboxylic acid groups (broad SMARTS) is 1. The molecule has 21 heavy (non-hydrogen) atoms. The van der Waals surface area contributed by atoms with E-state index in [4.69, 9.17) is 0 Å². The van der Waals surface area contributed by atoms with Gasteiger partial charge in [-0.25, -0.2) is 4.79 Å². The zero-order valence-corrected chi connectivity index (χ0v) is 14.6. The first-order valence-electron chi connectivity index (χ1n) is 6.62. The van der Waals surface area contributed by atoms with Crippen molar-refractivity contribution in [2.45, 2.75) is 33.0 Å². The van der Waals surface area contributed by atoms with Gasteiger partial charge in [-0.1, -0.05) is 25.2 Å². The standard InChI is InChI=1S/C15H21NO3SSi/c1-6-9-21(4,5)13-8-7-12(20-13)10(2)14(15(18)19)16-11(3)17/h6-8H,1,9H2,2-5H3,(H,16,17)(H,18,19)/b14-10+. The first kappa shape index (κ1) is 17.4. The number of hydrogen-bond acceptors (Lipinski definition) is 3. The lowest BCUT2D eigenvalue weighted by Gasteiger charge is -2.18. The van der Waals surface area contributed by atoms with E-state index in [-0.39, 0.29) is 11.6 Å². The molecule has 0 unspecified atom stereocenters. The van der Waals surface area contributed by atoms with E-state index in [1.807, 2.05) is 12.1 Å². The van der Waals surface area contributed by atoms with Crippen molar-refractivity contribution >= 4 is 41.4 Å². The normalized spacial score (nSPS) is 12.6. The molecule has 0 aromatic carbocycles. The van der Waals surface area contributed by atoms with E-state index >= 15 is 0 Å². The lowest BCUT2D eigenvalue weighted by molar-refractivity contribution is -0.134. The van der Waals surface area contributed by atoms with Crippen LogP contribution in [0.4, 0.5) is 0 Å². The maximum absolute atomic E-state index is 11.3. The number of thiophene rings is 1.